The Bertz CT molecular complexity index is 1620. The molecule has 0 radical (unpaired) electrons. The fourth-order valence-corrected chi connectivity index (χ4v) is 5.02. The number of benzene rings is 6. The van der Waals surface area contributed by atoms with E-state index in [4.69, 9.17) is 0 Å². The third-order valence-corrected chi connectivity index (χ3v) is 6.80. The predicted molar refractivity (Wildman–Crippen MR) is 150 cm³/mol. The number of halogens is 1. The van der Waals surface area contributed by atoms with Crippen LogP contribution >= 0.6 is 15.9 Å². The average molecular weight is 500 g/mol. The van der Waals surface area contributed by atoms with Crippen LogP contribution < -0.4 is 5.32 Å². The van der Waals surface area contributed by atoms with E-state index in [1.165, 1.54) is 43.8 Å². The summed E-state index contributed by atoms with van der Waals surface area (Å²) in [6, 6.07) is 45.2. The van der Waals surface area contributed by atoms with Gasteiger partial charge in [0.15, 0.2) is 0 Å². The lowest BCUT2D eigenvalue weighted by Gasteiger charge is -2.14. The van der Waals surface area contributed by atoms with Gasteiger partial charge >= 0.3 is 0 Å². The average Bonchev–Trinajstić information content (AvgIpc) is 2.90. The maximum Gasteiger partial charge on any atom is 0.0464 e. The van der Waals surface area contributed by atoms with Crippen molar-refractivity contribution < 1.29 is 0 Å². The molecule has 0 amide bonds. The SMILES string of the molecule is Brc1ccc(Nc2ccc(-c3cc4ccccc4c4ccccc34)cc2)c(-c2ccccc2)c1. The van der Waals surface area contributed by atoms with Crippen LogP contribution in [0.2, 0.25) is 0 Å². The lowest BCUT2D eigenvalue weighted by Crippen LogP contribution is -1.94. The number of nitrogens with one attached hydrogen (secondary N) is 1. The van der Waals surface area contributed by atoms with Gasteiger partial charge in [0.05, 0.1) is 0 Å². The largest absolute Gasteiger partial charge is 0.355 e. The van der Waals surface area contributed by atoms with E-state index in [0.717, 1.165) is 15.8 Å². The van der Waals surface area contributed by atoms with Crippen molar-refractivity contribution in [3.63, 3.8) is 0 Å². The predicted octanol–water partition coefficient (Wildman–Crippen LogP) is 9.83. The first-order valence-electron chi connectivity index (χ1n) is 11.4. The van der Waals surface area contributed by atoms with Gasteiger partial charge in [-0.2, -0.15) is 0 Å². The Kier molecular flexibility index (Phi) is 5.37. The van der Waals surface area contributed by atoms with E-state index in [0.29, 0.717) is 0 Å². The van der Waals surface area contributed by atoms with Crippen molar-refractivity contribution in [1.82, 2.24) is 0 Å². The molecule has 0 heterocycles. The molecule has 1 nitrogen and oxygen atoms in total. The van der Waals surface area contributed by atoms with Gasteiger partial charge in [-0.1, -0.05) is 107 Å². The summed E-state index contributed by atoms with van der Waals surface area (Å²) in [6.45, 7) is 0. The molecule has 6 aromatic rings. The van der Waals surface area contributed by atoms with Crippen molar-refractivity contribution in [1.29, 1.82) is 0 Å². The molecular weight excluding hydrogens is 478 g/mol. The molecule has 0 saturated carbocycles. The molecule has 0 aliphatic heterocycles. The number of rotatable bonds is 4. The van der Waals surface area contributed by atoms with E-state index >= 15 is 0 Å². The fraction of sp³-hybridized carbons (Fsp3) is 0. The number of hydrogen-bond acceptors (Lipinski definition) is 1. The molecule has 1 N–H and O–H groups in total. The van der Waals surface area contributed by atoms with Crippen LogP contribution in [0.3, 0.4) is 0 Å². The van der Waals surface area contributed by atoms with E-state index in [2.05, 4.69) is 143 Å². The molecule has 162 valence electrons. The Labute approximate surface area is 207 Å². The Hall–Kier alpha value is -3.88. The molecule has 0 spiro atoms. The second-order valence-electron chi connectivity index (χ2n) is 8.45. The van der Waals surface area contributed by atoms with Crippen molar-refractivity contribution in [3.05, 3.63) is 132 Å². The molecule has 0 unspecified atom stereocenters. The number of fused-ring (bicyclic) bond motifs is 3. The molecule has 0 fully saturated rings. The first kappa shape index (κ1) is 20.7. The zero-order valence-corrected chi connectivity index (χ0v) is 20.1. The van der Waals surface area contributed by atoms with Gasteiger partial charge in [0, 0.05) is 21.4 Å². The normalized spacial score (nSPS) is 11.1. The van der Waals surface area contributed by atoms with Crippen LogP contribution in [0.25, 0.3) is 43.8 Å². The fourth-order valence-electron chi connectivity index (χ4n) is 4.66. The minimum Gasteiger partial charge on any atom is -0.355 e. The zero-order valence-electron chi connectivity index (χ0n) is 18.5. The first-order valence-corrected chi connectivity index (χ1v) is 12.2. The van der Waals surface area contributed by atoms with E-state index < -0.39 is 0 Å². The summed E-state index contributed by atoms with van der Waals surface area (Å²) >= 11 is 3.62. The molecule has 0 saturated heterocycles. The number of anilines is 2. The van der Waals surface area contributed by atoms with Crippen LogP contribution in [0.4, 0.5) is 11.4 Å². The Morgan fingerprint density at radius 1 is 0.471 bits per heavy atom. The highest BCUT2D eigenvalue weighted by Crippen LogP contribution is 2.36. The smallest absolute Gasteiger partial charge is 0.0464 e. The molecule has 2 heteroatoms. The van der Waals surface area contributed by atoms with Crippen molar-refractivity contribution >= 4 is 48.8 Å². The monoisotopic (exact) mass is 499 g/mol. The summed E-state index contributed by atoms with van der Waals surface area (Å²) in [6.07, 6.45) is 0. The molecule has 6 rings (SSSR count). The standard InChI is InChI=1S/C32H22BrN/c33-25-16-19-32(31(21-25)22-8-2-1-3-9-22)34-26-17-14-23(15-18-26)30-20-24-10-4-5-11-27(24)28-12-6-7-13-29(28)30/h1-21,34H. The topological polar surface area (TPSA) is 12.0 Å². The van der Waals surface area contributed by atoms with Crippen LogP contribution in [-0.2, 0) is 0 Å². The third kappa shape index (κ3) is 3.87. The highest BCUT2D eigenvalue weighted by atomic mass is 79.9. The highest BCUT2D eigenvalue weighted by molar-refractivity contribution is 9.10. The zero-order chi connectivity index (χ0) is 22.9. The lowest BCUT2D eigenvalue weighted by molar-refractivity contribution is 1.52. The van der Waals surface area contributed by atoms with Gasteiger partial charge in [-0.3, -0.25) is 0 Å². The minimum absolute atomic E-state index is 1.06. The molecule has 0 bridgehead atoms. The summed E-state index contributed by atoms with van der Waals surface area (Å²) < 4.78 is 1.07. The van der Waals surface area contributed by atoms with E-state index in [-0.39, 0.29) is 0 Å². The molecule has 0 aliphatic carbocycles. The van der Waals surface area contributed by atoms with Gasteiger partial charge in [-0.15, -0.1) is 0 Å². The summed E-state index contributed by atoms with van der Waals surface area (Å²) in [4.78, 5) is 0. The van der Waals surface area contributed by atoms with Crippen LogP contribution in [0.1, 0.15) is 0 Å². The van der Waals surface area contributed by atoms with E-state index in [9.17, 15) is 0 Å². The van der Waals surface area contributed by atoms with Crippen LogP contribution in [-0.4, -0.2) is 0 Å². The molecule has 0 aromatic heterocycles. The highest BCUT2D eigenvalue weighted by Gasteiger charge is 2.10. The minimum atomic E-state index is 1.06. The second-order valence-corrected chi connectivity index (χ2v) is 9.36. The maximum absolute atomic E-state index is 3.62. The van der Waals surface area contributed by atoms with Gasteiger partial charge in [0.2, 0.25) is 0 Å². The van der Waals surface area contributed by atoms with Crippen LogP contribution in [0, 0.1) is 0 Å². The lowest BCUT2D eigenvalue weighted by atomic mass is 9.93. The van der Waals surface area contributed by atoms with E-state index in [1.54, 1.807) is 0 Å². The summed E-state index contributed by atoms with van der Waals surface area (Å²) in [5.74, 6) is 0. The molecule has 0 atom stereocenters. The van der Waals surface area contributed by atoms with Gasteiger partial charge in [-0.05, 0) is 74.6 Å². The number of hydrogen-bond donors (Lipinski definition) is 1. The van der Waals surface area contributed by atoms with Gasteiger partial charge in [0.1, 0.15) is 0 Å². The summed E-state index contributed by atoms with van der Waals surface area (Å²) in [5, 5.41) is 8.75. The van der Waals surface area contributed by atoms with Crippen molar-refractivity contribution in [2.24, 2.45) is 0 Å². The van der Waals surface area contributed by atoms with Gasteiger partial charge < -0.3 is 5.32 Å². The summed E-state index contributed by atoms with van der Waals surface area (Å²) in [7, 11) is 0. The quantitative estimate of drug-likeness (QED) is 0.238. The Balaban J connectivity index is 1.39. The maximum atomic E-state index is 3.62. The van der Waals surface area contributed by atoms with Crippen molar-refractivity contribution in [2.75, 3.05) is 5.32 Å². The first-order chi connectivity index (χ1) is 16.8. The van der Waals surface area contributed by atoms with Gasteiger partial charge in [0.25, 0.3) is 0 Å². The third-order valence-electron chi connectivity index (χ3n) is 6.31. The van der Waals surface area contributed by atoms with Crippen molar-refractivity contribution in [2.45, 2.75) is 0 Å². The second kappa shape index (κ2) is 8.81. The molecule has 0 aliphatic rings. The Morgan fingerprint density at radius 2 is 1.12 bits per heavy atom. The molecule has 6 aromatic carbocycles. The van der Waals surface area contributed by atoms with Crippen LogP contribution in [0.5, 0.6) is 0 Å². The molecule has 34 heavy (non-hydrogen) atoms. The van der Waals surface area contributed by atoms with E-state index in [1.807, 2.05) is 6.07 Å². The van der Waals surface area contributed by atoms with Crippen molar-refractivity contribution in [3.8, 4) is 22.3 Å². The van der Waals surface area contributed by atoms with Gasteiger partial charge in [-0.25, -0.2) is 0 Å². The van der Waals surface area contributed by atoms with Crippen LogP contribution in [0.15, 0.2) is 132 Å². The Morgan fingerprint density at radius 3 is 1.91 bits per heavy atom. The molecular formula is C32H22BrN. The summed E-state index contributed by atoms with van der Waals surface area (Å²) in [5.41, 5.74) is 6.97.